The van der Waals surface area contributed by atoms with Crippen molar-refractivity contribution in [2.24, 2.45) is 0 Å². The van der Waals surface area contributed by atoms with Crippen LogP contribution in [0, 0.1) is 0 Å². The Morgan fingerprint density at radius 2 is 1.91 bits per heavy atom. The van der Waals surface area contributed by atoms with E-state index in [0.29, 0.717) is 23.7 Å². The van der Waals surface area contributed by atoms with Crippen LogP contribution in [0.4, 0.5) is 5.69 Å². The first-order valence-corrected chi connectivity index (χ1v) is 11.7. The van der Waals surface area contributed by atoms with E-state index in [-0.39, 0.29) is 49.5 Å². The lowest BCUT2D eigenvalue weighted by atomic mass is 9.84. The van der Waals surface area contributed by atoms with E-state index in [9.17, 15) is 14.7 Å². The maximum absolute atomic E-state index is 12.6. The van der Waals surface area contributed by atoms with Crippen molar-refractivity contribution in [2.75, 3.05) is 32.6 Å². The molecule has 0 radical (unpaired) electrons. The quantitative estimate of drug-likeness (QED) is 0.529. The van der Waals surface area contributed by atoms with E-state index in [2.05, 4.69) is 10.6 Å². The van der Waals surface area contributed by atoms with Crippen LogP contribution in [0.15, 0.2) is 42.5 Å². The molecular formula is C25H30ClN3O5. The number of hydrogen-bond donors (Lipinski definition) is 3. The molecule has 1 fully saturated rings. The van der Waals surface area contributed by atoms with E-state index < -0.39 is 6.10 Å². The van der Waals surface area contributed by atoms with Gasteiger partial charge in [0.05, 0.1) is 25.7 Å². The summed E-state index contributed by atoms with van der Waals surface area (Å²) in [6.45, 7) is 0.484. The molecule has 3 N–H and O–H groups in total. The maximum Gasteiger partial charge on any atom is 0.238 e. The van der Waals surface area contributed by atoms with Crippen molar-refractivity contribution in [3.63, 3.8) is 0 Å². The molecule has 0 unspecified atom stereocenters. The molecule has 2 aromatic carbocycles. The monoisotopic (exact) mass is 487 g/mol. The summed E-state index contributed by atoms with van der Waals surface area (Å²) in [7, 11) is 3.67. The summed E-state index contributed by atoms with van der Waals surface area (Å²) in [4.78, 5) is 26.6. The molecule has 0 bridgehead atoms. The van der Waals surface area contributed by atoms with Gasteiger partial charge in [-0.05, 0) is 56.4 Å². The number of halogens is 1. The number of amides is 2. The van der Waals surface area contributed by atoms with Crippen LogP contribution >= 0.6 is 11.6 Å². The summed E-state index contributed by atoms with van der Waals surface area (Å²) < 4.78 is 12.1. The number of nitrogens with one attached hydrogen (secondary N) is 2. The van der Waals surface area contributed by atoms with Crippen molar-refractivity contribution in [3.05, 3.63) is 58.6 Å². The number of benzene rings is 2. The molecule has 34 heavy (non-hydrogen) atoms. The van der Waals surface area contributed by atoms with Crippen molar-refractivity contribution in [2.45, 2.75) is 43.6 Å². The minimum absolute atomic E-state index is 0.0410. The molecule has 0 aromatic heterocycles. The standard InChI is InChI=1S/C25H30ClN3O5/c1-29(2)13-24(32)28-17-7-8-21-19(9-17)20-10-18(33-22(14-30)25(20)34-21)11-23(31)27-12-15-3-5-16(26)6-4-15/h3-9,18,20,22,25,30H,10-14H2,1-2H3,(H,27,31)(H,28,32)/t18-,20-,22+,25+/m0/s1. The number of aliphatic hydroxyl groups excluding tert-OH is 1. The number of anilines is 1. The van der Waals surface area contributed by atoms with Crippen molar-refractivity contribution in [3.8, 4) is 5.75 Å². The lowest BCUT2D eigenvalue weighted by Gasteiger charge is -2.37. The number of ether oxygens (including phenoxy) is 2. The van der Waals surface area contributed by atoms with Gasteiger partial charge < -0.3 is 30.1 Å². The summed E-state index contributed by atoms with van der Waals surface area (Å²) in [5, 5.41) is 16.4. The zero-order valence-electron chi connectivity index (χ0n) is 19.3. The fourth-order valence-electron chi connectivity index (χ4n) is 4.54. The van der Waals surface area contributed by atoms with E-state index in [1.165, 1.54) is 0 Å². The number of carbonyl (C=O) groups excluding carboxylic acids is 2. The second-order valence-electron chi connectivity index (χ2n) is 9.05. The zero-order valence-corrected chi connectivity index (χ0v) is 20.0. The Morgan fingerprint density at radius 1 is 1.15 bits per heavy atom. The van der Waals surface area contributed by atoms with Gasteiger partial charge in [-0.2, -0.15) is 0 Å². The van der Waals surface area contributed by atoms with E-state index in [4.69, 9.17) is 21.1 Å². The highest BCUT2D eigenvalue weighted by molar-refractivity contribution is 6.30. The number of rotatable bonds is 8. The van der Waals surface area contributed by atoms with Gasteiger partial charge in [-0.3, -0.25) is 9.59 Å². The van der Waals surface area contributed by atoms with Crippen LogP contribution in [0.2, 0.25) is 5.02 Å². The smallest absolute Gasteiger partial charge is 0.238 e. The molecule has 0 aliphatic carbocycles. The first-order chi connectivity index (χ1) is 16.3. The summed E-state index contributed by atoms with van der Waals surface area (Å²) >= 11 is 5.91. The fourth-order valence-corrected chi connectivity index (χ4v) is 4.66. The SMILES string of the molecule is CN(C)CC(=O)Nc1ccc2c(c1)[C@@H]1C[C@@H](CC(=O)NCc3ccc(Cl)cc3)O[C@H](CO)[C@@H]1O2. The summed E-state index contributed by atoms with van der Waals surface area (Å²) in [5.41, 5.74) is 2.61. The van der Waals surface area contributed by atoms with E-state index in [0.717, 1.165) is 16.9 Å². The van der Waals surface area contributed by atoms with Gasteiger partial charge in [-0.1, -0.05) is 23.7 Å². The topological polar surface area (TPSA) is 100 Å². The fraction of sp³-hybridized carbons (Fsp3) is 0.440. The Morgan fingerprint density at radius 3 is 2.62 bits per heavy atom. The van der Waals surface area contributed by atoms with E-state index in [1.54, 1.807) is 23.1 Å². The molecule has 2 aliphatic heterocycles. The average molecular weight is 488 g/mol. The van der Waals surface area contributed by atoms with Crippen LogP contribution in [0.25, 0.3) is 0 Å². The normalized spacial score (nSPS) is 23.1. The highest BCUT2D eigenvalue weighted by atomic mass is 35.5. The molecular weight excluding hydrogens is 458 g/mol. The largest absolute Gasteiger partial charge is 0.487 e. The number of fused-ring (bicyclic) bond motifs is 3. The minimum Gasteiger partial charge on any atom is -0.487 e. The van der Waals surface area contributed by atoms with Gasteiger partial charge in [0, 0.05) is 28.7 Å². The van der Waals surface area contributed by atoms with Crippen molar-refractivity contribution >= 4 is 29.1 Å². The molecule has 4 atom stereocenters. The lowest BCUT2D eigenvalue weighted by Crippen LogP contribution is -2.47. The van der Waals surface area contributed by atoms with Crippen molar-refractivity contribution in [1.82, 2.24) is 10.2 Å². The molecule has 2 aromatic rings. The number of aliphatic hydroxyl groups is 1. The Hall–Kier alpha value is -2.65. The van der Waals surface area contributed by atoms with Crippen molar-refractivity contribution in [1.29, 1.82) is 0 Å². The van der Waals surface area contributed by atoms with Gasteiger partial charge in [-0.25, -0.2) is 0 Å². The molecule has 2 heterocycles. The third-order valence-electron chi connectivity index (χ3n) is 6.06. The van der Waals surface area contributed by atoms with Crippen LogP contribution in [0.1, 0.15) is 29.9 Å². The molecule has 2 amide bonds. The highest BCUT2D eigenvalue weighted by Gasteiger charge is 2.46. The van der Waals surface area contributed by atoms with Crippen molar-refractivity contribution < 1.29 is 24.2 Å². The minimum atomic E-state index is -0.535. The molecule has 0 saturated carbocycles. The average Bonchev–Trinajstić information content (AvgIpc) is 3.15. The summed E-state index contributed by atoms with van der Waals surface area (Å²) in [6, 6.07) is 12.9. The van der Waals surface area contributed by atoms with Gasteiger partial charge in [0.15, 0.2) is 0 Å². The predicted octanol–water partition coefficient (Wildman–Crippen LogP) is 2.54. The highest BCUT2D eigenvalue weighted by Crippen LogP contribution is 2.47. The van der Waals surface area contributed by atoms with Crippen LogP contribution in [0.3, 0.4) is 0 Å². The molecule has 9 heteroatoms. The third kappa shape index (κ3) is 5.88. The number of nitrogens with zero attached hydrogens (tertiary/aromatic N) is 1. The van der Waals surface area contributed by atoms with E-state index in [1.807, 2.05) is 38.4 Å². The van der Waals surface area contributed by atoms with Gasteiger partial charge >= 0.3 is 0 Å². The third-order valence-corrected chi connectivity index (χ3v) is 6.31. The first kappa shape index (κ1) is 24.5. The predicted molar refractivity (Wildman–Crippen MR) is 129 cm³/mol. The molecule has 182 valence electrons. The summed E-state index contributed by atoms with van der Waals surface area (Å²) in [5.74, 6) is 0.450. The lowest BCUT2D eigenvalue weighted by molar-refractivity contribution is -0.142. The number of hydrogen-bond acceptors (Lipinski definition) is 6. The molecule has 1 saturated heterocycles. The molecule has 8 nitrogen and oxygen atoms in total. The second kappa shape index (κ2) is 10.7. The number of likely N-dealkylation sites (N-methyl/N-ethyl adjacent to an activating group) is 1. The van der Waals surface area contributed by atoms with Crippen LogP contribution < -0.4 is 15.4 Å². The van der Waals surface area contributed by atoms with E-state index >= 15 is 0 Å². The Balaban J connectivity index is 1.41. The van der Waals surface area contributed by atoms with Crippen LogP contribution in [0.5, 0.6) is 5.75 Å². The van der Waals surface area contributed by atoms with Crippen LogP contribution in [-0.2, 0) is 20.9 Å². The Labute approximate surface area is 204 Å². The molecule has 4 rings (SSSR count). The Kier molecular flexibility index (Phi) is 7.73. The van der Waals surface area contributed by atoms with Crippen LogP contribution in [-0.4, -0.2) is 67.4 Å². The molecule has 0 spiro atoms. The van der Waals surface area contributed by atoms with Gasteiger partial charge in [0.2, 0.25) is 11.8 Å². The maximum atomic E-state index is 12.6. The second-order valence-corrected chi connectivity index (χ2v) is 9.49. The summed E-state index contributed by atoms with van der Waals surface area (Å²) in [6.07, 6.45) is -0.460. The van der Waals surface area contributed by atoms with Gasteiger partial charge in [-0.15, -0.1) is 0 Å². The molecule has 2 aliphatic rings. The first-order valence-electron chi connectivity index (χ1n) is 11.3. The van der Waals surface area contributed by atoms with Gasteiger partial charge in [0.25, 0.3) is 0 Å². The number of carbonyl (C=O) groups is 2. The zero-order chi connectivity index (χ0) is 24.2. The van der Waals surface area contributed by atoms with Gasteiger partial charge in [0.1, 0.15) is 18.0 Å². The Bertz CT molecular complexity index is 1030.